The summed E-state index contributed by atoms with van der Waals surface area (Å²) in [5.74, 6) is 0.980. The lowest BCUT2D eigenvalue weighted by Gasteiger charge is -2.27. The van der Waals surface area contributed by atoms with Crippen LogP contribution >= 0.6 is 22.6 Å². The molecule has 2 rings (SSSR count). The fraction of sp³-hybridized carbons (Fsp3) is 0.333. The summed E-state index contributed by atoms with van der Waals surface area (Å²) in [6.45, 7) is 1.96. The van der Waals surface area contributed by atoms with Gasteiger partial charge in [-0.1, -0.05) is 6.07 Å². The molecule has 3 heteroatoms. The number of hydrogen-bond donors (Lipinski definition) is 1. The molecule has 0 aromatic heterocycles. The summed E-state index contributed by atoms with van der Waals surface area (Å²) in [4.78, 5) is 0. The van der Waals surface area contributed by atoms with Crippen LogP contribution in [0.3, 0.4) is 0 Å². The lowest BCUT2D eigenvalue weighted by molar-refractivity contribution is 0.142. The average Bonchev–Trinajstić information content (AvgIpc) is 1.97. The molecular weight excluding hydrogens is 265 g/mol. The van der Waals surface area contributed by atoms with E-state index in [4.69, 9.17) is 4.74 Å². The molecule has 1 heterocycles. The van der Waals surface area contributed by atoms with E-state index in [0.717, 1.165) is 18.8 Å². The van der Waals surface area contributed by atoms with Gasteiger partial charge in [0.2, 0.25) is 0 Å². The molecule has 1 N–H and O–H groups in total. The molecule has 0 atom stereocenters. The smallest absolute Gasteiger partial charge is 0.123 e. The Kier molecular flexibility index (Phi) is 2.51. The van der Waals surface area contributed by atoms with Crippen molar-refractivity contribution in [2.45, 2.75) is 6.10 Å². The Morgan fingerprint density at radius 2 is 2.25 bits per heavy atom. The molecule has 64 valence electrons. The van der Waals surface area contributed by atoms with Gasteiger partial charge in [-0.25, -0.2) is 0 Å². The van der Waals surface area contributed by atoms with Gasteiger partial charge in [0.05, 0.1) is 0 Å². The standard InChI is InChI=1S/C9H10INO/c10-7-2-1-3-8(4-7)12-9-5-11-6-9/h1-4,9,11H,5-6H2. The van der Waals surface area contributed by atoms with Crippen LogP contribution in [0.5, 0.6) is 5.75 Å². The highest BCUT2D eigenvalue weighted by Crippen LogP contribution is 2.16. The maximum atomic E-state index is 5.66. The topological polar surface area (TPSA) is 21.3 Å². The zero-order valence-electron chi connectivity index (χ0n) is 6.59. The lowest BCUT2D eigenvalue weighted by atomic mass is 10.2. The Morgan fingerprint density at radius 1 is 1.42 bits per heavy atom. The van der Waals surface area contributed by atoms with Gasteiger partial charge in [0.15, 0.2) is 0 Å². The van der Waals surface area contributed by atoms with Crippen LogP contribution in [0, 0.1) is 3.57 Å². The summed E-state index contributed by atoms with van der Waals surface area (Å²) in [6, 6.07) is 8.13. The minimum atomic E-state index is 0.378. The van der Waals surface area contributed by atoms with Gasteiger partial charge in [0.1, 0.15) is 11.9 Å². The van der Waals surface area contributed by atoms with Gasteiger partial charge in [0.25, 0.3) is 0 Å². The van der Waals surface area contributed by atoms with Crippen molar-refractivity contribution in [1.82, 2.24) is 5.32 Å². The van der Waals surface area contributed by atoms with Crippen molar-refractivity contribution in [2.75, 3.05) is 13.1 Å². The molecule has 0 bridgehead atoms. The van der Waals surface area contributed by atoms with Gasteiger partial charge in [-0.3, -0.25) is 0 Å². The molecule has 0 aliphatic carbocycles. The Hall–Kier alpha value is -0.290. The van der Waals surface area contributed by atoms with Crippen LogP contribution in [0.2, 0.25) is 0 Å². The largest absolute Gasteiger partial charge is 0.488 e. The van der Waals surface area contributed by atoms with E-state index in [1.54, 1.807) is 0 Å². The first kappa shape index (κ1) is 8.31. The van der Waals surface area contributed by atoms with Crippen molar-refractivity contribution in [1.29, 1.82) is 0 Å². The summed E-state index contributed by atoms with van der Waals surface area (Å²) >= 11 is 2.29. The van der Waals surface area contributed by atoms with Crippen molar-refractivity contribution in [2.24, 2.45) is 0 Å². The molecule has 12 heavy (non-hydrogen) atoms. The van der Waals surface area contributed by atoms with Crippen molar-refractivity contribution < 1.29 is 4.74 Å². The molecule has 0 spiro atoms. The van der Waals surface area contributed by atoms with Crippen LogP contribution in [-0.2, 0) is 0 Å². The minimum absolute atomic E-state index is 0.378. The first-order valence-electron chi connectivity index (χ1n) is 3.97. The fourth-order valence-corrected chi connectivity index (χ4v) is 1.59. The molecule has 0 saturated carbocycles. The fourth-order valence-electron chi connectivity index (χ4n) is 1.08. The van der Waals surface area contributed by atoms with Crippen molar-refractivity contribution in [3.8, 4) is 5.75 Å². The van der Waals surface area contributed by atoms with E-state index in [2.05, 4.69) is 40.0 Å². The van der Waals surface area contributed by atoms with Gasteiger partial charge in [-0.15, -0.1) is 0 Å². The second-order valence-corrected chi connectivity index (χ2v) is 4.10. The Labute approximate surface area is 85.4 Å². The van der Waals surface area contributed by atoms with E-state index < -0.39 is 0 Å². The summed E-state index contributed by atoms with van der Waals surface area (Å²) in [5.41, 5.74) is 0. The molecule has 1 saturated heterocycles. The molecule has 0 radical (unpaired) electrons. The van der Waals surface area contributed by atoms with Gasteiger partial charge in [-0.05, 0) is 40.8 Å². The third-order valence-corrected chi connectivity index (χ3v) is 2.51. The van der Waals surface area contributed by atoms with Crippen LogP contribution in [0.1, 0.15) is 0 Å². The number of rotatable bonds is 2. The zero-order valence-corrected chi connectivity index (χ0v) is 8.74. The van der Waals surface area contributed by atoms with Crippen LogP contribution < -0.4 is 10.1 Å². The third-order valence-electron chi connectivity index (χ3n) is 1.84. The normalized spacial score (nSPS) is 17.1. The second-order valence-electron chi connectivity index (χ2n) is 2.86. The molecule has 1 fully saturated rings. The van der Waals surface area contributed by atoms with Crippen LogP contribution in [0.4, 0.5) is 0 Å². The third kappa shape index (κ3) is 1.90. The first-order chi connectivity index (χ1) is 5.84. The molecule has 0 unspecified atom stereocenters. The van der Waals surface area contributed by atoms with Crippen molar-refractivity contribution in [3.63, 3.8) is 0 Å². The highest BCUT2D eigenvalue weighted by molar-refractivity contribution is 14.1. The first-order valence-corrected chi connectivity index (χ1v) is 5.05. The van der Waals surface area contributed by atoms with E-state index in [0.29, 0.717) is 6.10 Å². The van der Waals surface area contributed by atoms with E-state index in [-0.39, 0.29) is 0 Å². The Bertz CT molecular complexity index is 273. The monoisotopic (exact) mass is 275 g/mol. The van der Waals surface area contributed by atoms with E-state index in [1.165, 1.54) is 3.57 Å². The summed E-state index contributed by atoms with van der Waals surface area (Å²) in [6.07, 6.45) is 0.378. The number of benzene rings is 1. The summed E-state index contributed by atoms with van der Waals surface area (Å²) in [7, 11) is 0. The number of hydrogen-bond acceptors (Lipinski definition) is 2. The molecule has 2 nitrogen and oxygen atoms in total. The minimum Gasteiger partial charge on any atom is -0.488 e. The number of nitrogens with one attached hydrogen (secondary N) is 1. The Balaban J connectivity index is 2.02. The average molecular weight is 275 g/mol. The molecule has 1 aromatic rings. The van der Waals surface area contributed by atoms with Gasteiger partial charge < -0.3 is 10.1 Å². The summed E-state index contributed by atoms with van der Waals surface area (Å²) < 4.78 is 6.88. The predicted octanol–water partition coefficient (Wildman–Crippen LogP) is 1.64. The SMILES string of the molecule is Ic1cccc(OC2CNC2)c1. The number of halogens is 1. The van der Waals surface area contributed by atoms with Crippen LogP contribution in [0.25, 0.3) is 0 Å². The van der Waals surface area contributed by atoms with Crippen LogP contribution in [0.15, 0.2) is 24.3 Å². The molecule has 0 amide bonds. The van der Waals surface area contributed by atoms with Gasteiger partial charge in [-0.2, -0.15) is 0 Å². The molecule has 1 aromatic carbocycles. The zero-order chi connectivity index (χ0) is 8.39. The highest BCUT2D eigenvalue weighted by atomic mass is 127. The Morgan fingerprint density at radius 3 is 2.83 bits per heavy atom. The van der Waals surface area contributed by atoms with E-state index in [1.807, 2.05) is 12.1 Å². The van der Waals surface area contributed by atoms with Gasteiger partial charge in [0, 0.05) is 16.7 Å². The maximum Gasteiger partial charge on any atom is 0.123 e. The van der Waals surface area contributed by atoms with Crippen LogP contribution in [-0.4, -0.2) is 19.2 Å². The molecular formula is C9H10INO. The van der Waals surface area contributed by atoms with Gasteiger partial charge >= 0.3 is 0 Å². The van der Waals surface area contributed by atoms with E-state index >= 15 is 0 Å². The predicted molar refractivity (Wildman–Crippen MR) is 56.4 cm³/mol. The lowest BCUT2D eigenvalue weighted by Crippen LogP contribution is -2.50. The highest BCUT2D eigenvalue weighted by Gasteiger charge is 2.17. The maximum absolute atomic E-state index is 5.66. The quantitative estimate of drug-likeness (QED) is 0.828. The second kappa shape index (κ2) is 3.62. The number of ether oxygens (including phenoxy) is 1. The summed E-state index contributed by atoms with van der Waals surface area (Å²) in [5, 5.41) is 3.17. The van der Waals surface area contributed by atoms with E-state index in [9.17, 15) is 0 Å². The molecule has 1 aliphatic heterocycles. The van der Waals surface area contributed by atoms with Crippen molar-refractivity contribution in [3.05, 3.63) is 27.8 Å². The molecule has 1 aliphatic rings. The van der Waals surface area contributed by atoms with Crippen molar-refractivity contribution >= 4 is 22.6 Å².